The molecule has 4 aromatic rings. The van der Waals surface area contributed by atoms with Crippen LogP contribution in [-0.4, -0.2) is 71.7 Å². The first-order valence-corrected chi connectivity index (χ1v) is 14.3. The van der Waals surface area contributed by atoms with Gasteiger partial charge in [0.15, 0.2) is 16.6 Å². The number of hydrogen-bond donors (Lipinski definition) is 0. The predicted octanol–water partition coefficient (Wildman–Crippen LogP) is 4.10. The molecule has 1 aliphatic rings. The van der Waals surface area contributed by atoms with Crippen molar-refractivity contribution in [3.05, 3.63) is 72.3 Å². The van der Waals surface area contributed by atoms with E-state index in [1.165, 1.54) is 23.5 Å². The third-order valence-electron chi connectivity index (χ3n) is 6.61. The van der Waals surface area contributed by atoms with Crippen LogP contribution in [0.4, 0.5) is 10.8 Å². The van der Waals surface area contributed by atoms with Gasteiger partial charge in [-0.2, -0.15) is 0 Å². The van der Waals surface area contributed by atoms with E-state index in [-0.39, 0.29) is 10.8 Å². The molecular formula is C27H28N4O5S2. The average Bonchev–Trinajstić information content (AvgIpc) is 3.41. The molecule has 0 unspecified atom stereocenters. The van der Waals surface area contributed by atoms with Crippen molar-refractivity contribution in [1.29, 1.82) is 0 Å². The minimum atomic E-state index is -3.74. The van der Waals surface area contributed by atoms with Crippen molar-refractivity contribution in [2.75, 3.05) is 56.7 Å². The Morgan fingerprint density at radius 2 is 1.61 bits per heavy atom. The maximum atomic E-state index is 13.2. The van der Waals surface area contributed by atoms with Crippen LogP contribution >= 0.6 is 11.3 Å². The molecule has 0 bridgehead atoms. The summed E-state index contributed by atoms with van der Waals surface area (Å²) in [6, 6.07) is 18.8. The smallest absolute Gasteiger partial charge is 0.264 e. The standard InChI is InChI=1S/C27H28N4O5S2/c1-29(20-7-5-4-6-8-20)38(33,34)21-11-9-19(10-12-21)26(32)30-15-17-31(18-16-30)27-28-24-23(37-27)14-13-22(35-2)25(24)36-3/h4-14H,15-18H2,1-3H3. The number of carbonyl (C=O) groups is 1. The number of sulfonamides is 1. The Labute approximate surface area is 225 Å². The molecule has 5 rings (SSSR count). The van der Waals surface area contributed by atoms with Crippen LogP contribution in [0.2, 0.25) is 0 Å². The van der Waals surface area contributed by atoms with Crippen molar-refractivity contribution >= 4 is 48.3 Å². The van der Waals surface area contributed by atoms with Gasteiger partial charge in [-0.25, -0.2) is 13.4 Å². The number of methoxy groups -OCH3 is 2. The summed E-state index contributed by atoms with van der Waals surface area (Å²) < 4.78 is 39.2. The molecule has 1 saturated heterocycles. The number of rotatable bonds is 7. The topological polar surface area (TPSA) is 92.3 Å². The number of thiazole rings is 1. The Morgan fingerprint density at radius 1 is 0.921 bits per heavy atom. The van der Waals surface area contributed by atoms with Crippen LogP contribution in [0.5, 0.6) is 11.5 Å². The molecule has 2 heterocycles. The highest BCUT2D eigenvalue weighted by Crippen LogP contribution is 2.40. The van der Waals surface area contributed by atoms with E-state index in [1.807, 2.05) is 18.2 Å². The van der Waals surface area contributed by atoms with Gasteiger partial charge in [-0.15, -0.1) is 0 Å². The van der Waals surface area contributed by atoms with Crippen molar-refractivity contribution in [2.45, 2.75) is 4.90 Å². The first kappa shape index (κ1) is 25.8. The van der Waals surface area contributed by atoms with Crippen molar-refractivity contribution in [3.8, 4) is 11.5 Å². The van der Waals surface area contributed by atoms with Gasteiger partial charge in [-0.05, 0) is 48.5 Å². The van der Waals surface area contributed by atoms with Gasteiger partial charge in [0.2, 0.25) is 0 Å². The van der Waals surface area contributed by atoms with Gasteiger partial charge in [0.25, 0.3) is 15.9 Å². The monoisotopic (exact) mass is 552 g/mol. The summed E-state index contributed by atoms with van der Waals surface area (Å²) >= 11 is 1.58. The van der Waals surface area contributed by atoms with Gasteiger partial charge in [-0.1, -0.05) is 29.5 Å². The molecule has 0 atom stereocenters. The van der Waals surface area contributed by atoms with Crippen LogP contribution in [0.3, 0.4) is 0 Å². The number of para-hydroxylation sites is 1. The minimum absolute atomic E-state index is 0.124. The number of amides is 1. The van der Waals surface area contributed by atoms with Gasteiger partial charge in [0.1, 0.15) is 5.52 Å². The normalized spacial score (nSPS) is 14.0. The molecule has 0 radical (unpaired) electrons. The highest BCUT2D eigenvalue weighted by Gasteiger charge is 2.26. The van der Waals surface area contributed by atoms with Gasteiger partial charge >= 0.3 is 0 Å². The Balaban J connectivity index is 1.25. The lowest BCUT2D eigenvalue weighted by Gasteiger charge is -2.34. The number of piperazine rings is 1. The van der Waals surface area contributed by atoms with Crippen molar-refractivity contribution < 1.29 is 22.7 Å². The number of carbonyl (C=O) groups excluding carboxylic acids is 1. The summed E-state index contributed by atoms with van der Waals surface area (Å²) in [5.41, 5.74) is 1.78. The molecular weight excluding hydrogens is 524 g/mol. The zero-order chi connectivity index (χ0) is 26.9. The lowest BCUT2D eigenvalue weighted by Crippen LogP contribution is -2.48. The minimum Gasteiger partial charge on any atom is -0.493 e. The molecule has 3 aromatic carbocycles. The van der Waals surface area contributed by atoms with E-state index in [1.54, 1.807) is 66.9 Å². The number of anilines is 2. The molecule has 0 spiro atoms. The van der Waals surface area contributed by atoms with Crippen LogP contribution < -0.4 is 18.7 Å². The fraction of sp³-hybridized carbons (Fsp3) is 0.259. The molecule has 0 aliphatic carbocycles. The van der Waals surface area contributed by atoms with Crippen molar-refractivity contribution in [1.82, 2.24) is 9.88 Å². The number of hydrogen-bond acceptors (Lipinski definition) is 8. The van der Waals surface area contributed by atoms with E-state index >= 15 is 0 Å². The highest BCUT2D eigenvalue weighted by atomic mass is 32.2. The summed E-state index contributed by atoms with van der Waals surface area (Å²) in [5.74, 6) is 1.13. The zero-order valence-electron chi connectivity index (χ0n) is 21.3. The number of aromatic nitrogens is 1. The van der Waals surface area contributed by atoms with E-state index in [2.05, 4.69) is 4.90 Å². The molecule has 9 nitrogen and oxygen atoms in total. The lowest BCUT2D eigenvalue weighted by molar-refractivity contribution is 0.0746. The average molecular weight is 553 g/mol. The SMILES string of the molecule is COc1ccc2sc(N3CCN(C(=O)c4ccc(S(=O)(=O)N(C)c5ccccc5)cc4)CC3)nc2c1OC. The van der Waals surface area contributed by atoms with E-state index in [9.17, 15) is 13.2 Å². The molecule has 1 aliphatic heterocycles. The summed E-state index contributed by atoms with van der Waals surface area (Å²) in [6.45, 7) is 2.34. The van der Waals surface area contributed by atoms with Crippen LogP contribution in [0.1, 0.15) is 10.4 Å². The molecule has 11 heteroatoms. The van der Waals surface area contributed by atoms with Gasteiger partial charge in [0.05, 0.1) is 29.5 Å². The Morgan fingerprint density at radius 3 is 2.24 bits per heavy atom. The lowest BCUT2D eigenvalue weighted by atomic mass is 10.2. The predicted molar refractivity (Wildman–Crippen MR) is 149 cm³/mol. The molecule has 1 amide bonds. The van der Waals surface area contributed by atoms with Gasteiger partial charge in [-0.3, -0.25) is 9.10 Å². The number of ether oxygens (including phenoxy) is 2. The number of fused-ring (bicyclic) bond motifs is 1. The summed E-state index contributed by atoms with van der Waals surface area (Å²) in [4.78, 5) is 22.0. The summed E-state index contributed by atoms with van der Waals surface area (Å²) in [6.07, 6.45) is 0. The maximum absolute atomic E-state index is 13.2. The van der Waals surface area contributed by atoms with E-state index < -0.39 is 10.0 Å². The molecule has 38 heavy (non-hydrogen) atoms. The summed E-state index contributed by atoms with van der Waals surface area (Å²) in [7, 11) is 0.978. The molecule has 198 valence electrons. The number of benzene rings is 3. The van der Waals surface area contributed by atoms with Crippen LogP contribution in [0.25, 0.3) is 10.2 Å². The fourth-order valence-corrected chi connectivity index (χ4v) is 6.63. The van der Waals surface area contributed by atoms with Crippen molar-refractivity contribution in [2.24, 2.45) is 0 Å². The Bertz CT molecular complexity index is 1550. The van der Waals surface area contributed by atoms with E-state index in [0.717, 1.165) is 15.3 Å². The fourth-order valence-electron chi connectivity index (χ4n) is 4.42. The van der Waals surface area contributed by atoms with Crippen molar-refractivity contribution in [3.63, 3.8) is 0 Å². The van der Waals surface area contributed by atoms with E-state index in [0.29, 0.717) is 48.9 Å². The second-order valence-electron chi connectivity index (χ2n) is 8.76. The second kappa shape index (κ2) is 10.5. The first-order valence-electron chi connectivity index (χ1n) is 12.0. The van der Waals surface area contributed by atoms with Gasteiger partial charge < -0.3 is 19.3 Å². The Kier molecular flexibility index (Phi) is 7.13. The summed E-state index contributed by atoms with van der Waals surface area (Å²) in [5, 5.41) is 0.871. The third-order valence-corrected chi connectivity index (χ3v) is 9.49. The molecule has 1 fully saturated rings. The number of nitrogens with zero attached hydrogens (tertiary/aromatic N) is 4. The Hall–Kier alpha value is -3.83. The third kappa shape index (κ3) is 4.74. The first-order chi connectivity index (χ1) is 18.3. The van der Waals surface area contributed by atoms with Crippen LogP contribution in [0, 0.1) is 0 Å². The van der Waals surface area contributed by atoms with Crippen LogP contribution in [-0.2, 0) is 10.0 Å². The molecule has 0 N–H and O–H groups in total. The molecule has 1 aromatic heterocycles. The van der Waals surface area contributed by atoms with E-state index in [4.69, 9.17) is 14.5 Å². The second-order valence-corrected chi connectivity index (χ2v) is 11.7. The van der Waals surface area contributed by atoms with Crippen LogP contribution in [0.15, 0.2) is 71.6 Å². The highest BCUT2D eigenvalue weighted by molar-refractivity contribution is 7.92. The quantitative estimate of drug-likeness (QED) is 0.341. The zero-order valence-corrected chi connectivity index (χ0v) is 23.0. The maximum Gasteiger partial charge on any atom is 0.264 e. The molecule has 0 saturated carbocycles. The van der Waals surface area contributed by atoms with Gasteiger partial charge in [0, 0.05) is 38.8 Å². The largest absolute Gasteiger partial charge is 0.493 e.